The number of fused-ring (bicyclic) bond motifs is 1. The highest BCUT2D eigenvalue weighted by atomic mass is 16.5. The van der Waals surface area contributed by atoms with E-state index in [-0.39, 0.29) is 17.9 Å². The molecule has 24 heavy (non-hydrogen) atoms. The highest BCUT2D eigenvalue weighted by Crippen LogP contribution is 2.51. The van der Waals surface area contributed by atoms with Gasteiger partial charge in [0, 0.05) is 13.1 Å². The quantitative estimate of drug-likeness (QED) is 0.716. The molecule has 3 aliphatic heterocycles. The molecule has 0 aromatic carbocycles. The van der Waals surface area contributed by atoms with Gasteiger partial charge in [-0.2, -0.15) is 5.10 Å². The SMILES string of the molecule is CCCN1C[C@@]23C=C[C@@H](O2)[C@@H](C(=O)NCCn2cncn2)[C@H]3C1=O. The lowest BCUT2D eigenvalue weighted by Crippen LogP contribution is -2.44. The molecule has 128 valence electrons. The summed E-state index contributed by atoms with van der Waals surface area (Å²) in [4.78, 5) is 31.1. The van der Waals surface area contributed by atoms with Gasteiger partial charge in [-0.3, -0.25) is 14.3 Å². The van der Waals surface area contributed by atoms with Crippen molar-refractivity contribution in [3.05, 3.63) is 24.8 Å². The highest BCUT2D eigenvalue weighted by Gasteiger charge is 2.66. The van der Waals surface area contributed by atoms with E-state index in [2.05, 4.69) is 15.4 Å². The van der Waals surface area contributed by atoms with Gasteiger partial charge in [0.1, 0.15) is 18.3 Å². The van der Waals surface area contributed by atoms with E-state index in [1.165, 1.54) is 6.33 Å². The lowest BCUT2D eigenvalue weighted by atomic mass is 9.77. The fourth-order valence-corrected chi connectivity index (χ4v) is 4.10. The molecule has 2 amide bonds. The van der Waals surface area contributed by atoms with Gasteiger partial charge in [0.2, 0.25) is 11.8 Å². The van der Waals surface area contributed by atoms with Gasteiger partial charge in [-0.1, -0.05) is 19.1 Å². The molecular weight excluding hydrogens is 310 g/mol. The first kappa shape index (κ1) is 15.3. The molecule has 0 radical (unpaired) electrons. The second-order valence-electron chi connectivity index (χ2n) is 6.61. The Kier molecular flexibility index (Phi) is 3.64. The largest absolute Gasteiger partial charge is 0.360 e. The molecule has 4 atom stereocenters. The number of amides is 2. The minimum atomic E-state index is -0.606. The number of likely N-dealkylation sites (tertiary alicyclic amines) is 1. The maximum Gasteiger partial charge on any atom is 0.230 e. The molecule has 8 nitrogen and oxygen atoms in total. The second kappa shape index (κ2) is 5.70. The Morgan fingerprint density at radius 1 is 1.50 bits per heavy atom. The van der Waals surface area contributed by atoms with Crippen molar-refractivity contribution >= 4 is 11.8 Å². The van der Waals surface area contributed by atoms with E-state index in [4.69, 9.17) is 4.74 Å². The molecule has 2 fully saturated rings. The molecule has 3 aliphatic rings. The van der Waals surface area contributed by atoms with E-state index in [9.17, 15) is 9.59 Å². The summed E-state index contributed by atoms with van der Waals surface area (Å²) in [5, 5.41) is 6.91. The molecule has 1 N–H and O–H groups in total. The predicted molar refractivity (Wildman–Crippen MR) is 83.6 cm³/mol. The van der Waals surface area contributed by atoms with Crippen molar-refractivity contribution in [2.24, 2.45) is 11.8 Å². The normalized spacial score (nSPS) is 33.3. The number of carbonyl (C=O) groups is 2. The Hall–Kier alpha value is -2.22. The van der Waals surface area contributed by atoms with Crippen molar-refractivity contribution in [3.8, 4) is 0 Å². The zero-order valence-corrected chi connectivity index (χ0v) is 13.6. The fraction of sp³-hybridized carbons (Fsp3) is 0.625. The van der Waals surface area contributed by atoms with Gasteiger partial charge in [0.15, 0.2) is 0 Å². The molecule has 2 saturated heterocycles. The summed E-state index contributed by atoms with van der Waals surface area (Å²) in [5.41, 5.74) is -0.606. The third-order valence-corrected chi connectivity index (χ3v) is 5.08. The van der Waals surface area contributed by atoms with Crippen molar-refractivity contribution in [1.29, 1.82) is 0 Å². The number of ether oxygens (including phenoxy) is 1. The molecular formula is C16H21N5O3. The van der Waals surface area contributed by atoms with E-state index < -0.39 is 17.4 Å². The number of aromatic nitrogens is 3. The Morgan fingerprint density at radius 2 is 2.38 bits per heavy atom. The van der Waals surface area contributed by atoms with Crippen molar-refractivity contribution < 1.29 is 14.3 Å². The third-order valence-electron chi connectivity index (χ3n) is 5.08. The summed E-state index contributed by atoms with van der Waals surface area (Å²) in [5.74, 6) is -0.923. The summed E-state index contributed by atoms with van der Waals surface area (Å²) < 4.78 is 7.71. The zero-order chi connectivity index (χ0) is 16.7. The predicted octanol–water partition coefficient (Wildman–Crippen LogP) is -0.414. The summed E-state index contributed by atoms with van der Waals surface area (Å²) in [6, 6.07) is 0. The van der Waals surface area contributed by atoms with E-state index in [1.807, 2.05) is 24.0 Å². The van der Waals surface area contributed by atoms with Crippen molar-refractivity contribution in [3.63, 3.8) is 0 Å². The van der Waals surface area contributed by atoms with Crippen LogP contribution >= 0.6 is 0 Å². The molecule has 0 unspecified atom stereocenters. The van der Waals surface area contributed by atoms with E-state index in [0.29, 0.717) is 26.2 Å². The van der Waals surface area contributed by atoms with Crippen LogP contribution in [0.4, 0.5) is 0 Å². The number of rotatable bonds is 6. The first-order valence-corrected chi connectivity index (χ1v) is 8.41. The minimum absolute atomic E-state index is 0.0418. The first-order valence-electron chi connectivity index (χ1n) is 8.41. The average Bonchev–Trinajstić information content (AvgIpc) is 3.31. The van der Waals surface area contributed by atoms with Crippen LogP contribution in [0.2, 0.25) is 0 Å². The Balaban J connectivity index is 1.44. The van der Waals surface area contributed by atoms with Crippen LogP contribution in [-0.4, -0.2) is 62.8 Å². The van der Waals surface area contributed by atoms with E-state index in [1.54, 1.807) is 11.0 Å². The number of nitrogens with one attached hydrogen (secondary N) is 1. The molecule has 1 aromatic heterocycles. The monoisotopic (exact) mass is 331 g/mol. The van der Waals surface area contributed by atoms with Gasteiger partial charge >= 0.3 is 0 Å². The second-order valence-corrected chi connectivity index (χ2v) is 6.61. The Labute approximate surface area is 139 Å². The van der Waals surface area contributed by atoms with Gasteiger partial charge in [0.05, 0.1) is 31.0 Å². The number of nitrogens with zero attached hydrogens (tertiary/aromatic N) is 4. The Morgan fingerprint density at radius 3 is 3.12 bits per heavy atom. The molecule has 0 aliphatic carbocycles. The van der Waals surface area contributed by atoms with Gasteiger partial charge in [-0.15, -0.1) is 0 Å². The summed E-state index contributed by atoms with van der Waals surface area (Å²) >= 11 is 0. The van der Waals surface area contributed by atoms with Gasteiger partial charge in [0.25, 0.3) is 0 Å². The highest BCUT2D eigenvalue weighted by molar-refractivity contribution is 5.93. The van der Waals surface area contributed by atoms with Crippen LogP contribution in [-0.2, 0) is 20.9 Å². The standard InChI is InChI=1S/C16H21N5O3/c1-2-6-20-8-16-4-3-11(24-16)12(13(16)15(20)23)14(22)18-5-7-21-10-17-9-19-21/h3-4,9-13H,2,5-8H2,1H3,(H,18,22)/t11-,12-,13+,16-/m1/s1. The van der Waals surface area contributed by atoms with Crippen LogP contribution in [0.1, 0.15) is 13.3 Å². The molecule has 1 spiro atoms. The number of hydrogen-bond donors (Lipinski definition) is 1. The molecule has 4 rings (SSSR count). The summed E-state index contributed by atoms with van der Waals surface area (Å²) in [7, 11) is 0. The lowest BCUT2D eigenvalue weighted by Gasteiger charge is -2.23. The minimum Gasteiger partial charge on any atom is -0.360 e. The number of carbonyl (C=O) groups excluding carboxylic acids is 2. The Bertz CT molecular complexity index is 673. The van der Waals surface area contributed by atoms with Gasteiger partial charge in [-0.25, -0.2) is 4.98 Å². The molecule has 8 heteroatoms. The molecule has 0 saturated carbocycles. The molecule has 4 heterocycles. The van der Waals surface area contributed by atoms with Crippen molar-refractivity contribution in [2.75, 3.05) is 19.6 Å². The smallest absolute Gasteiger partial charge is 0.230 e. The first-order chi connectivity index (χ1) is 11.6. The van der Waals surface area contributed by atoms with Gasteiger partial charge in [-0.05, 0) is 6.42 Å². The summed E-state index contributed by atoms with van der Waals surface area (Å²) in [6.45, 7) is 4.30. The average molecular weight is 331 g/mol. The van der Waals surface area contributed by atoms with Crippen LogP contribution in [0, 0.1) is 11.8 Å². The fourth-order valence-electron chi connectivity index (χ4n) is 4.10. The number of hydrogen-bond acceptors (Lipinski definition) is 5. The molecule has 1 aromatic rings. The topological polar surface area (TPSA) is 89.3 Å². The van der Waals surface area contributed by atoms with E-state index in [0.717, 1.165) is 6.42 Å². The van der Waals surface area contributed by atoms with E-state index >= 15 is 0 Å². The van der Waals surface area contributed by atoms with Crippen LogP contribution < -0.4 is 5.32 Å². The maximum absolute atomic E-state index is 12.7. The van der Waals surface area contributed by atoms with Crippen LogP contribution in [0.25, 0.3) is 0 Å². The van der Waals surface area contributed by atoms with Crippen LogP contribution in [0.15, 0.2) is 24.8 Å². The van der Waals surface area contributed by atoms with Crippen molar-refractivity contribution in [2.45, 2.75) is 31.6 Å². The zero-order valence-electron chi connectivity index (χ0n) is 13.6. The third kappa shape index (κ3) is 2.24. The lowest BCUT2D eigenvalue weighted by molar-refractivity contribution is -0.137. The molecule has 2 bridgehead atoms. The van der Waals surface area contributed by atoms with Gasteiger partial charge < -0.3 is 15.0 Å². The van der Waals surface area contributed by atoms with Crippen LogP contribution in [0.5, 0.6) is 0 Å². The van der Waals surface area contributed by atoms with Crippen LogP contribution in [0.3, 0.4) is 0 Å². The van der Waals surface area contributed by atoms with Crippen molar-refractivity contribution in [1.82, 2.24) is 25.0 Å². The maximum atomic E-state index is 12.7. The summed E-state index contributed by atoms with van der Waals surface area (Å²) in [6.07, 6.45) is 7.58.